The van der Waals surface area contributed by atoms with Gasteiger partial charge in [0.05, 0.1) is 6.61 Å². The highest BCUT2D eigenvalue weighted by molar-refractivity contribution is 7.99. The van der Waals surface area contributed by atoms with E-state index in [1.807, 2.05) is 0 Å². The zero-order chi connectivity index (χ0) is 12.5. The van der Waals surface area contributed by atoms with Gasteiger partial charge < -0.3 is 15.8 Å². The first-order valence-corrected chi connectivity index (χ1v) is 6.60. The maximum atomic E-state index is 11.5. The minimum atomic E-state index is 0.0275. The van der Waals surface area contributed by atoms with Gasteiger partial charge in [-0.25, -0.2) is 0 Å². The van der Waals surface area contributed by atoms with Crippen LogP contribution in [-0.4, -0.2) is 31.1 Å². The lowest BCUT2D eigenvalue weighted by Gasteiger charge is -2.05. The summed E-state index contributed by atoms with van der Waals surface area (Å²) in [7, 11) is 1.67. The monoisotopic (exact) mass is 254 g/mol. The van der Waals surface area contributed by atoms with Crippen LogP contribution < -0.4 is 11.1 Å². The van der Waals surface area contributed by atoms with Gasteiger partial charge in [0.1, 0.15) is 0 Å². The minimum Gasteiger partial charge on any atom is -0.399 e. The highest BCUT2D eigenvalue weighted by Gasteiger charge is 2.01. The van der Waals surface area contributed by atoms with Gasteiger partial charge >= 0.3 is 0 Å². The lowest BCUT2D eigenvalue weighted by molar-refractivity contribution is -0.115. The molecule has 1 aromatic carbocycles. The van der Waals surface area contributed by atoms with Crippen molar-refractivity contribution in [2.24, 2.45) is 0 Å². The zero-order valence-electron chi connectivity index (χ0n) is 9.94. The molecular formula is C12H18N2O2S. The standard InChI is InChI=1S/C12H18N2O2S/c1-16-7-9-17-8-6-12(15)14-11-4-2-10(13)3-5-11/h2-5H,6-9,13H2,1H3,(H,14,15). The smallest absolute Gasteiger partial charge is 0.225 e. The number of nitrogens with one attached hydrogen (secondary N) is 1. The summed E-state index contributed by atoms with van der Waals surface area (Å²) in [5.74, 6) is 1.76. The van der Waals surface area contributed by atoms with Crippen LogP contribution in [0.1, 0.15) is 6.42 Å². The molecule has 0 bridgehead atoms. The normalized spacial score (nSPS) is 10.2. The number of carbonyl (C=O) groups is 1. The topological polar surface area (TPSA) is 64.3 Å². The van der Waals surface area contributed by atoms with Crippen molar-refractivity contribution in [2.45, 2.75) is 6.42 Å². The van der Waals surface area contributed by atoms with E-state index in [9.17, 15) is 4.79 Å². The summed E-state index contributed by atoms with van der Waals surface area (Å²) in [6, 6.07) is 7.13. The van der Waals surface area contributed by atoms with Crippen molar-refractivity contribution >= 4 is 29.0 Å². The summed E-state index contributed by atoms with van der Waals surface area (Å²) < 4.78 is 4.92. The molecule has 0 saturated heterocycles. The third-order valence-electron chi connectivity index (χ3n) is 2.10. The molecule has 0 aliphatic carbocycles. The Bertz CT molecular complexity index is 341. The first kappa shape index (κ1) is 13.9. The molecule has 1 aromatic rings. The van der Waals surface area contributed by atoms with Crippen LogP contribution in [0.3, 0.4) is 0 Å². The molecule has 0 radical (unpaired) electrons. The van der Waals surface area contributed by atoms with Gasteiger partial charge in [-0.15, -0.1) is 0 Å². The minimum absolute atomic E-state index is 0.0275. The number of amides is 1. The molecular weight excluding hydrogens is 236 g/mol. The van der Waals surface area contributed by atoms with Gasteiger partial charge in [-0.3, -0.25) is 4.79 Å². The summed E-state index contributed by atoms with van der Waals surface area (Å²) in [4.78, 5) is 11.5. The number of nitrogen functional groups attached to an aromatic ring is 1. The average molecular weight is 254 g/mol. The Balaban J connectivity index is 2.18. The Kier molecular flexibility index (Phi) is 6.50. The molecule has 0 saturated carbocycles. The number of rotatable bonds is 7. The summed E-state index contributed by atoms with van der Waals surface area (Å²) in [6.07, 6.45) is 0.513. The second kappa shape index (κ2) is 7.97. The van der Waals surface area contributed by atoms with Gasteiger partial charge in [-0.2, -0.15) is 11.8 Å². The SMILES string of the molecule is COCCSCCC(=O)Nc1ccc(N)cc1. The number of methoxy groups -OCH3 is 1. The Labute approximate surface area is 106 Å². The van der Waals surface area contributed by atoms with Crippen LogP contribution in [0.4, 0.5) is 11.4 Å². The molecule has 1 rings (SSSR count). The van der Waals surface area contributed by atoms with E-state index in [-0.39, 0.29) is 5.91 Å². The first-order chi connectivity index (χ1) is 8.22. The Morgan fingerprint density at radius 1 is 1.35 bits per heavy atom. The van der Waals surface area contributed by atoms with Gasteiger partial charge in [0, 0.05) is 36.4 Å². The number of benzene rings is 1. The predicted molar refractivity (Wildman–Crippen MR) is 73.3 cm³/mol. The van der Waals surface area contributed by atoms with E-state index >= 15 is 0 Å². The molecule has 0 aliphatic rings. The summed E-state index contributed by atoms with van der Waals surface area (Å²) in [6.45, 7) is 0.726. The summed E-state index contributed by atoms with van der Waals surface area (Å²) in [5, 5.41) is 2.82. The van der Waals surface area contributed by atoms with Gasteiger partial charge in [0.15, 0.2) is 0 Å². The largest absolute Gasteiger partial charge is 0.399 e. The molecule has 5 heteroatoms. The van der Waals surface area contributed by atoms with E-state index in [0.29, 0.717) is 12.1 Å². The molecule has 17 heavy (non-hydrogen) atoms. The third kappa shape index (κ3) is 6.19. The number of hydrogen-bond acceptors (Lipinski definition) is 4. The number of ether oxygens (including phenoxy) is 1. The second-order valence-electron chi connectivity index (χ2n) is 3.53. The van der Waals surface area contributed by atoms with Crippen molar-refractivity contribution in [1.82, 2.24) is 0 Å². The van der Waals surface area contributed by atoms with Crippen LogP contribution >= 0.6 is 11.8 Å². The Morgan fingerprint density at radius 3 is 2.71 bits per heavy atom. The van der Waals surface area contributed by atoms with Crippen molar-refractivity contribution in [3.8, 4) is 0 Å². The quantitative estimate of drug-likeness (QED) is 0.577. The van der Waals surface area contributed by atoms with E-state index in [1.165, 1.54) is 0 Å². The molecule has 0 unspecified atom stereocenters. The highest BCUT2D eigenvalue weighted by atomic mass is 32.2. The molecule has 0 fully saturated rings. The molecule has 94 valence electrons. The Hall–Kier alpha value is -1.20. The fraction of sp³-hybridized carbons (Fsp3) is 0.417. The zero-order valence-corrected chi connectivity index (χ0v) is 10.8. The van der Waals surface area contributed by atoms with Crippen molar-refractivity contribution in [1.29, 1.82) is 0 Å². The summed E-state index contributed by atoms with van der Waals surface area (Å²) >= 11 is 1.71. The number of nitrogens with two attached hydrogens (primary N) is 1. The van der Waals surface area contributed by atoms with Crippen molar-refractivity contribution in [3.05, 3.63) is 24.3 Å². The van der Waals surface area contributed by atoms with E-state index in [4.69, 9.17) is 10.5 Å². The maximum absolute atomic E-state index is 11.5. The van der Waals surface area contributed by atoms with E-state index in [1.54, 1.807) is 43.1 Å². The van der Waals surface area contributed by atoms with E-state index < -0.39 is 0 Å². The lowest BCUT2D eigenvalue weighted by atomic mass is 10.3. The Morgan fingerprint density at radius 2 is 2.06 bits per heavy atom. The highest BCUT2D eigenvalue weighted by Crippen LogP contribution is 2.11. The molecule has 0 atom stereocenters. The molecule has 4 nitrogen and oxygen atoms in total. The molecule has 0 aromatic heterocycles. The predicted octanol–water partition coefficient (Wildman–Crippen LogP) is 1.98. The second-order valence-corrected chi connectivity index (χ2v) is 4.75. The molecule has 1 amide bonds. The van der Waals surface area contributed by atoms with Crippen molar-refractivity contribution in [2.75, 3.05) is 36.3 Å². The van der Waals surface area contributed by atoms with Gasteiger partial charge in [-0.05, 0) is 24.3 Å². The third-order valence-corrected chi connectivity index (χ3v) is 3.05. The van der Waals surface area contributed by atoms with Gasteiger partial charge in [0.2, 0.25) is 5.91 Å². The van der Waals surface area contributed by atoms with Crippen LogP contribution in [0.15, 0.2) is 24.3 Å². The van der Waals surface area contributed by atoms with Gasteiger partial charge in [-0.1, -0.05) is 0 Å². The number of anilines is 2. The van der Waals surface area contributed by atoms with Crippen LogP contribution in [-0.2, 0) is 9.53 Å². The maximum Gasteiger partial charge on any atom is 0.225 e. The first-order valence-electron chi connectivity index (χ1n) is 5.44. The summed E-state index contributed by atoms with van der Waals surface area (Å²) in [5.41, 5.74) is 7.03. The van der Waals surface area contributed by atoms with Crippen molar-refractivity contribution in [3.63, 3.8) is 0 Å². The molecule has 3 N–H and O–H groups in total. The fourth-order valence-electron chi connectivity index (χ4n) is 1.20. The van der Waals surface area contributed by atoms with E-state index in [0.717, 1.165) is 23.8 Å². The van der Waals surface area contributed by atoms with Gasteiger partial charge in [0.25, 0.3) is 0 Å². The van der Waals surface area contributed by atoms with Crippen LogP contribution in [0.2, 0.25) is 0 Å². The number of thioether (sulfide) groups is 1. The average Bonchev–Trinajstić information content (AvgIpc) is 2.32. The fourth-order valence-corrected chi connectivity index (χ4v) is 2.02. The number of hydrogen-bond donors (Lipinski definition) is 2. The van der Waals surface area contributed by atoms with Crippen LogP contribution in [0.5, 0.6) is 0 Å². The van der Waals surface area contributed by atoms with E-state index in [2.05, 4.69) is 5.32 Å². The lowest BCUT2D eigenvalue weighted by Crippen LogP contribution is -2.12. The molecule has 0 spiro atoms. The van der Waals surface area contributed by atoms with Crippen LogP contribution in [0, 0.1) is 0 Å². The van der Waals surface area contributed by atoms with Crippen LogP contribution in [0.25, 0.3) is 0 Å². The number of carbonyl (C=O) groups excluding carboxylic acids is 1. The molecule has 0 heterocycles. The van der Waals surface area contributed by atoms with Crippen molar-refractivity contribution < 1.29 is 9.53 Å². The molecule has 0 aliphatic heterocycles.